The van der Waals surface area contributed by atoms with Gasteiger partial charge in [0.05, 0.1) is 10.4 Å². The third-order valence-electron chi connectivity index (χ3n) is 4.96. The number of para-hydroxylation sites is 1. The first-order valence-electron chi connectivity index (χ1n) is 9.22. The van der Waals surface area contributed by atoms with Gasteiger partial charge in [-0.15, -0.1) is 0 Å². The molecule has 0 fully saturated rings. The molecule has 0 saturated carbocycles. The Bertz CT molecular complexity index is 1110. The molecule has 0 N–H and O–H groups in total. The lowest BCUT2D eigenvalue weighted by molar-refractivity contribution is -0.383. The fraction of sp³-hybridized carbons (Fsp3) is 0.174. The lowest BCUT2D eigenvalue weighted by atomic mass is 9.98. The second kappa shape index (κ2) is 7.54. The van der Waals surface area contributed by atoms with Crippen molar-refractivity contribution in [3.8, 4) is 0 Å². The third-order valence-corrected chi connectivity index (χ3v) is 4.96. The maximum atomic E-state index is 11.4. The Morgan fingerprint density at radius 3 is 2.41 bits per heavy atom. The molecule has 0 aliphatic heterocycles. The van der Waals surface area contributed by atoms with Crippen LogP contribution in [0.5, 0.6) is 0 Å². The van der Waals surface area contributed by atoms with Crippen LogP contribution in [0.2, 0.25) is 0 Å². The monoisotopic (exact) mass is 356 g/mol. The van der Waals surface area contributed by atoms with Crippen molar-refractivity contribution in [2.24, 2.45) is 0 Å². The summed E-state index contributed by atoms with van der Waals surface area (Å²) in [5.41, 5.74) is 3.82. The summed E-state index contributed by atoms with van der Waals surface area (Å²) in [7, 11) is 0. The Balaban J connectivity index is 1.63. The van der Waals surface area contributed by atoms with Gasteiger partial charge >= 0.3 is 0 Å². The van der Waals surface area contributed by atoms with Crippen molar-refractivity contribution in [1.29, 1.82) is 0 Å². The zero-order chi connectivity index (χ0) is 18.6. The summed E-state index contributed by atoms with van der Waals surface area (Å²) in [6, 6.07) is 23.7. The maximum Gasteiger partial charge on any atom is 0.295 e. The molecule has 0 unspecified atom stereocenters. The van der Waals surface area contributed by atoms with E-state index in [9.17, 15) is 10.1 Å². The van der Waals surface area contributed by atoms with E-state index in [1.54, 1.807) is 6.07 Å². The highest BCUT2D eigenvalue weighted by atomic mass is 16.6. The van der Waals surface area contributed by atoms with Gasteiger partial charge in [-0.05, 0) is 48.9 Å². The van der Waals surface area contributed by atoms with E-state index in [4.69, 9.17) is 0 Å². The average molecular weight is 356 g/mol. The molecule has 4 rings (SSSR count). The fourth-order valence-corrected chi connectivity index (χ4v) is 3.56. The van der Waals surface area contributed by atoms with E-state index in [0.717, 1.165) is 47.5 Å². The highest BCUT2D eigenvalue weighted by molar-refractivity contribution is 5.98. The van der Waals surface area contributed by atoms with Gasteiger partial charge in [-0.25, -0.2) is 4.98 Å². The molecule has 0 amide bonds. The van der Waals surface area contributed by atoms with Crippen LogP contribution in [0.25, 0.3) is 21.8 Å². The summed E-state index contributed by atoms with van der Waals surface area (Å²) in [5, 5.41) is 13.3. The van der Waals surface area contributed by atoms with Crippen LogP contribution in [0, 0.1) is 10.1 Å². The molecule has 134 valence electrons. The number of fused-ring (bicyclic) bond motifs is 2. The quantitative estimate of drug-likeness (QED) is 0.188. The van der Waals surface area contributed by atoms with Crippen LogP contribution < -0.4 is 0 Å². The number of aromatic nitrogens is 1. The predicted molar refractivity (Wildman–Crippen MR) is 109 cm³/mol. The maximum absolute atomic E-state index is 11.4. The largest absolute Gasteiger partial charge is 0.295 e. The number of unbranched alkanes of at least 4 members (excludes halogenated alkanes) is 1. The number of benzene rings is 3. The zero-order valence-electron chi connectivity index (χ0n) is 15.0. The molecular formula is C23H20N2O2. The molecule has 27 heavy (non-hydrogen) atoms. The van der Waals surface area contributed by atoms with Crippen molar-refractivity contribution in [2.45, 2.75) is 25.7 Å². The molecule has 0 atom stereocenters. The molecule has 0 saturated heterocycles. The van der Waals surface area contributed by atoms with Gasteiger partial charge in [0.1, 0.15) is 5.52 Å². The van der Waals surface area contributed by atoms with E-state index in [1.807, 2.05) is 42.5 Å². The van der Waals surface area contributed by atoms with Crippen LogP contribution in [-0.4, -0.2) is 9.91 Å². The number of non-ortho nitro benzene ring substituents is 1. The summed E-state index contributed by atoms with van der Waals surface area (Å²) in [4.78, 5) is 15.7. The van der Waals surface area contributed by atoms with Crippen molar-refractivity contribution in [1.82, 2.24) is 4.98 Å². The number of aryl methyl sites for hydroxylation is 2. The Morgan fingerprint density at radius 2 is 1.59 bits per heavy atom. The molecule has 4 aromatic rings. The molecule has 1 aromatic heterocycles. The van der Waals surface area contributed by atoms with E-state index in [2.05, 4.69) is 29.2 Å². The van der Waals surface area contributed by atoms with Crippen LogP contribution in [-0.2, 0) is 12.8 Å². The molecular weight excluding hydrogens is 336 g/mol. The summed E-state index contributed by atoms with van der Waals surface area (Å²) < 4.78 is 0. The lowest BCUT2D eigenvalue weighted by Gasteiger charge is -2.09. The van der Waals surface area contributed by atoms with Crippen LogP contribution >= 0.6 is 0 Å². The lowest BCUT2D eigenvalue weighted by Crippen LogP contribution is -1.97. The average Bonchev–Trinajstić information content (AvgIpc) is 2.70. The van der Waals surface area contributed by atoms with Crippen molar-refractivity contribution in [3.05, 3.63) is 94.0 Å². The fourth-order valence-electron chi connectivity index (χ4n) is 3.56. The van der Waals surface area contributed by atoms with Gasteiger partial charge in [0.2, 0.25) is 0 Å². The Labute approximate surface area is 157 Å². The van der Waals surface area contributed by atoms with Crippen molar-refractivity contribution in [3.63, 3.8) is 0 Å². The number of rotatable bonds is 6. The second-order valence-corrected chi connectivity index (χ2v) is 6.77. The number of hydrogen-bond acceptors (Lipinski definition) is 3. The second-order valence-electron chi connectivity index (χ2n) is 6.77. The van der Waals surface area contributed by atoms with Crippen molar-refractivity contribution < 1.29 is 4.92 Å². The van der Waals surface area contributed by atoms with Gasteiger partial charge in [-0.3, -0.25) is 10.1 Å². The number of hydrogen-bond donors (Lipinski definition) is 0. The molecule has 4 heteroatoms. The first-order valence-corrected chi connectivity index (χ1v) is 9.22. The SMILES string of the molecule is O=[N+]([O-])c1ccc(CCCCc2ccccc2)c2cc3ccccc3nc12. The van der Waals surface area contributed by atoms with Gasteiger partial charge in [0.15, 0.2) is 0 Å². The summed E-state index contributed by atoms with van der Waals surface area (Å²) in [6.45, 7) is 0. The van der Waals surface area contributed by atoms with Crippen LogP contribution in [0.4, 0.5) is 5.69 Å². The molecule has 0 aliphatic rings. The molecule has 0 bridgehead atoms. The predicted octanol–water partition coefficient (Wildman–Crippen LogP) is 5.86. The van der Waals surface area contributed by atoms with Crippen LogP contribution in [0.15, 0.2) is 72.8 Å². The topological polar surface area (TPSA) is 56.0 Å². The van der Waals surface area contributed by atoms with Crippen LogP contribution in [0.1, 0.15) is 24.0 Å². The normalized spacial score (nSPS) is 11.1. The highest BCUT2D eigenvalue weighted by Crippen LogP contribution is 2.30. The van der Waals surface area contributed by atoms with E-state index < -0.39 is 0 Å². The van der Waals surface area contributed by atoms with Crippen molar-refractivity contribution >= 4 is 27.5 Å². The van der Waals surface area contributed by atoms with Gasteiger partial charge < -0.3 is 0 Å². The Morgan fingerprint density at radius 1 is 0.852 bits per heavy atom. The van der Waals surface area contributed by atoms with Crippen LogP contribution in [0.3, 0.4) is 0 Å². The molecule has 1 heterocycles. The summed E-state index contributed by atoms with van der Waals surface area (Å²) >= 11 is 0. The smallest absolute Gasteiger partial charge is 0.258 e. The molecule has 3 aromatic carbocycles. The van der Waals surface area contributed by atoms with E-state index in [-0.39, 0.29) is 10.6 Å². The van der Waals surface area contributed by atoms with Gasteiger partial charge in [-0.1, -0.05) is 54.6 Å². The van der Waals surface area contributed by atoms with E-state index in [0.29, 0.717) is 5.52 Å². The first kappa shape index (κ1) is 17.2. The number of nitrogens with zero attached hydrogens (tertiary/aromatic N) is 2. The summed E-state index contributed by atoms with van der Waals surface area (Å²) in [5.74, 6) is 0. The minimum absolute atomic E-state index is 0.0730. The third kappa shape index (κ3) is 3.65. The number of pyridine rings is 1. The molecule has 4 nitrogen and oxygen atoms in total. The summed E-state index contributed by atoms with van der Waals surface area (Å²) in [6.07, 6.45) is 4.06. The molecule has 0 aliphatic carbocycles. The van der Waals surface area contributed by atoms with Gasteiger partial charge in [-0.2, -0.15) is 0 Å². The van der Waals surface area contributed by atoms with Gasteiger partial charge in [0, 0.05) is 16.8 Å². The zero-order valence-corrected chi connectivity index (χ0v) is 15.0. The highest BCUT2D eigenvalue weighted by Gasteiger charge is 2.16. The van der Waals surface area contributed by atoms with E-state index >= 15 is 0 Å². The van der Waals surface area contributed by atoms with Crippen molar-refractivity contribution in [2.75, 3.05) is 0 Å². The Hall–Kier alpha value is -3.27. The molecule has 0 radical (unpaired) electrons. The minimum Gasteiger partial charge on any atom is -0.258 e. The van der Waals surface area contributed by atoms with E-state index in [1.165, 1.54) is 5.56 Å². The minimum atomic E-state index is -0.344. The molecule has 0 spiro atoms. The first-order chi connectivity index (χ1) is 13.2. The standard InChI is InChI=1S/C23H20N2O2/c26-25(27)22-15-14-18(11-5-4-10-17-8-2-1-3-9-17)20-16-19-12-6-7-13-21(19)24-23(20)22/h1-3,6-9,12-16H,4-5,10-11H2. The Kier molecular flexibility index (Phi) is 4.79. The number of nitro groups is 1. The van der Waals surface area contributed by atoms with Gasteiger partial charge in [0.25, 0.3) is 5.69 Å². The number of nitro benzene ring substituents is 1.